The molecule has 0 saturated carbocycles. The van der Waals surface area contributed by atoms with Crippen LogP contribution in [0.2, 0.25) is 0 Å². The number of hydrogen-bond donors (Lipinski definition) is 0. The highest BCUT2D eigenvalue weighted by Crippen LogP contribution is 2.23. The third kappa shape index (κ3) is 2.18. The minimum Gasteiger partial charge on any atom is -0.422 e. The zero-order valence-corrected chi connectivity index (χ0v) is 11.5. The quantitative estimate of drug-likeness (QED) is 0.665. The van der Waals surface area contributed by atoms with E-state index in [0.29, 0.717) is 11.1 Å². The van der Waals surface area contributed by atoms with Crippen LogP contribution in [0, 0.1) is 0 Å². The fraction of sp³-hybridized carbons (Fsp3) is 0.118. The lowest BCUT2D eigenvalue weighted by Crippen LogP contribution is -2.08. The van der Waals surface area contributed by atoms with Gasteiger partial charge in [0.2, 0.25) is 0 Å². The molecule has 0 N–H and O–H groups in total. The molecule has 2 aromatic carbocycles. The molecule has 0 aliphatic rings. The Morgan fingerprint density at radius 3 is 2.35 bits per heavy atom. The van der Waals surface area contributed by atoms with Crippen molar-refractivity contribution in [3.05, 3.63) is 65.0 Å². The summed E-state index contributed by atoms with van der Waals surface area (Å²) in [6, 6.07) is 17.3. The smallest absolute Gasteiger partial charge is 0.344 e. The molecular formula is C17H15NO2. The third-order valence-corrected chi connectivity index (χ3v) is 3.34. The molecule has 0 aliphatic heterocycles. The van der Waals surface area contributed by atoms with Gasteiger partial charge in [0.15, 0.2) is 0 Å². The van der Waals surface area contributed by atoms with E-state index >= 15 is 0 Å². The zero-order chi connectivity index (χ0) is 14.1. The first-order valence-corrected chi connectivity index (χ1v) is 6.46. The summed E-state index contributed by atoms with van der Waals surface area (Å²) in [5, 5.41) is 0.929. The number of rotatable bonds is 2. The second kappa shape index (κ2) is 4.85. The van der Waals surface area contributed by atoms with Gasteiger partial charge < -0.3 is 9.32 Å². The minimum absolute atomic E-state index is 0.304. The molecule has 3 nitrogen and oxygen atoms in total. The van der Waals surface area contributed by atoms with Gasteiger partial charge in [0, 0.05) is 25.2 Å². The number of fused-ring (bicyclic) bond motifs is 1. The van der Waals surface area contributed by atoms with Crippen LogP contribution in [0.5, 0.6) is 0 Å². The molecule has 1 heterocycles. The summed E-state index contributed by atoms with van der Waals surface area (Å²) in [6.07, 6.45) is 0. The molecule has 3 rings (SSSR count). The van der Waals surface area contributed by atoms with Crippen LogP contribution >= 0.6 is 0 Å². The Kier molecular flexibility index (Phi) is 3.03. The van der Waals surface area contributed by atoms with Crippen molar-refractivity contribution in [3.8, 4) is 11.1 Å². The van der Waals surface area contributed by atoms with Crippen molar-refractivity contribution in [2.45, 2.75) is 0 Å². The van der Waals surface area contributed by atoms with Crippen LogP contribution in [0.1, 0.15) is 0 Å². The number of hydrogen-bond acceptors (Lipinski definition) is 3. The average Bonchev–Trinajstić information content (AvgIpc) is 2.46. The fourth-order valence-corrected chi connectivity index (χ4v) is 2.20. The second-order valence-electron chi connectivity index (χ2n) is 4.93. The summed E-state index contributed by atoms with van der Waals surface area (Å²) in [7, 11) is 3.97. The third-order valence-electron chi connectivity index (χ3n) is 3.34. The van der Waals surface area contributed by atoms with Crippen LogP contribution < -0.4 is 10.5 Å². The first kappa shape index (κ1) is 12.5. The van der Waals surface area contributed by atoms with Gasteiger partial charge in [0.05, 0.1) is 5.56 Å². The lowest BCUT2D eigenvalue weighted by atomic mass is 10.1. The van der Waals surface area contributed by atoms with E-state index in [9.17, 15) is 4.79 Å². The first-order valence-electron chi connectivity index (χ1n) is 6.46. The van der Waals surface area contributed by atoms with Crippen molar-refractivity contribution >= 4 is 16.7 Å². The van der Waals surface area contributed by atoms with Crippen molar-refractivity contribution in [3.63, 3.8) is 0 Å². The highest BCUT2D eigenvalue weighted by molar-refractivity contribution is 5.81. The average molecular weight is 265 g/mol. The summed E-state index contributed by atoms with van der Waals surface area (Å²) in [4.78, 5) is 14.1. The zero-order valence-electron chi connectivity index (χ0n) is 11.5. The Bertz CT molecular complexity index is 801. The Labute approximate surface area is 117 Å². The van der Waals surface area contributed by atoms with Gasteiger partial charge in [-0.05, 0) is 29.8 Å². The van der Waals surface area contributed by atoms with Gasteiger partial charge in [-0.2, -0.15) is 0 Å². The molecule has 20 heavy (non-hydrogen) atoms. The standard InChI is InChI=1S/C17H15NO2/c1-18(2)14-9-7-12(8-10-14)15-11-13-5-3-4-6-16(13)20-17(15)19/h3-11H,1-2H3. The largest absolute Gasteiger partial charge is 0.422 e. The molecule has 0 fully saturated rings. The fourth-order valence-electron chi connectivity index (χ4n) is 2.20. The molecule has 1 aromatic heterocycles. The van der Waals surface area contributed by atoms with Crippen LogP contribution in [-0.2, 0) is 0 Å². The van der Waals surface area contributed by atoms with Crippen LogP contribution in [-0.4, -0.2) is 14.1 Å². The van der Waals surface area contributed by atoms with Gasteiger partial charge in [-0.15, -0.1) is 0 Å². The van der Waals surface area contributed by atoms with Gasteiger partial charge in [-0.1, -0.05) is 30.3 Å². The predicted octanol–water partition coefficient (Wildman–Crippen LogP) is 3.53. The Balaban J connectivity index is 2.13. The lowest BCUT2D eigenvalue weighted by Gasteiger charge is -2.12. The highest BCUT2D eigenvalue weighted by atomic mass is 16.4. The van der Waals surface area contributed by atoms with E-state index in [2.05, 4.69) is 0 Å². The number of anilines is 1. The molecule has 0 amide bonds. The van der Waals surface area contributed by atoms with E-state index in [1.54, 1.807) is 6.07 Å². The van der Waals surface area contributed by atoms with Gasteiger partial charge in [0.25, 0.3) is 0 Å². The van der Waals surface area contributed by atoms with Crippen LogP contribution in [0.3, 0.4) is 0 Å². The van der Waals surface area contributed by atoms with Gasteiger partial charge in [-0.3, -0.25) is 0 Å². The van der Waals surface area contributed by atoms with Crippen molar-refractivity contribution in [2.24, 2.45) is 0 Å². The maximum atomic E-state index is 12.1. The van der Waals surface area contributed by atoms with Crippen molar-refractivity contribution in [1.29, 1.82) is 0 Å². The molecule has 0 aliphatic carbocycles. The van der Waals surface area contributed by atoms with Gasteiger partial charge in [-0.25, -0.2) is 4.79 Å². The van der Waals surface area contributed by atoms with E-state index in [-0.39, 0.29) is 5.63 Å². The number of benzene rings is 2. The Morgan fingerprint density at radius 1 is 0.950 bits per heavy atom. The normalized spacial score (nSPS) is 10.7. The first-order chi connectivity index (χ1) is 9.65. The van der Waals surface area contributed by atoms with E-state index in [1.807, 2.05) is 67.5 Å². The lowest BCUT2D eigenvalue weighted by molar-refractivity contribution is 0.563. The molecule has 0 unspecified atom stereocenters. The van der Waals surface area contributed by atoms with Crippen molar-refractivity contribution < 1.29 is 4.42 Å². The van der Waals surface area contributed by atoms with E-state index in [0.717, 1.165) is 16.6 Å². The van der Waals surface area contributed by atoms with E-state index in [4.69, 9.17) is 4.42 Å². The molecule has 0 bridgehead atoms. The minimum atomic E-state index is -0.304. The van der Waals surface area contributed by atoms with Gasteiger partial charge >= 0.3 is 5.63 Å². The molecular weight excluding hydrogens is 250 g/mol. The monoisotopic (exact) mass is 265 g/mol. The van der Waals surface area contributed by atoms with E-state index < -0.39 is 0 Å². The predicted molar refractivity (Wildman–Crippen MR) is 82.2 cm³/mol. The molecule has 0 radical (unpaired) electrons. The summed E-state index contributed by atoms with van der Waals surface area (Å²) in [6.45, 7) is 0. The van der Waals surface area contributed by atoms with Crippen LogP contribution in [0.15, 0.2) is 63.8 Å². The summed E-state index contributed by atoms with van der Waals surface area (Å²) < 4.78 is 5.36. The highest BCUT2D eigenvalue weighted by Gasteiger charge is 2.07. The Morgan fingerprint density at radius 2 is 1.65 bits per heavy atom. The van der Waals surface area contributed by atoms with Crippen molar-refractivity contribution in [1.82, 2.24) is 0 Å². The van der Waals surface area contributed by atoms with Gasteiger partial charge in [0.1, 0.15) is 5.58 Å². The van der Waals surface area contributed by atoms with Crippen LogP contribution in [0.25, 0.3) is 22.1 Å². The number of nitrogens with zero attached hydrogens (tertiary/aromatic N) is 1. The molecule has 0 saturated heterocycles. The van der Waals surface area contributed by atoms with Crippen LogP contribution in [0.4, 0.5) is 5.69 Å². The molecule has 3 heteroatoms. The second-order valence-corrected chi connectivity index (χ2v) is 4.93. The van der Waals surface area contributed by atoms with E-state index in [1.165, 1.54) is 0 Å². The molecule has 3 aromatic rings. The molecule has 0 atom stereocenters. The SMILES string of the molecule is CN(C)c1ccc(-c2cc3ccccc3oc2=O)cc1. The summed E-state index contributed by atoms with van der Waals surface area (Å²) in [5.74, 6) is 0. The topological polar surface area (TPSA) is 33.5 Å². The summed E-state index contributed by atoms with van der Waals surface area (Å²) in [5.41, 5.74) is 2.87. The maximum absolute atomic E-state index is 12.1. The molecule has 100 valence electrons. The van der Waals surface area contributed by atoms with Crippen molar-refractivity contribution in [2.75, 3.05) is 19.0 Å². The maximum Gasteiger partial charge on any atom is 0.344 e. The summed E-state index contributed by atoms with van der Waals surface area (Å²) >= 11 is 0. The molecule has 0 spiro atoms. The number of para-hydroxylation sites is 1. The Hall–Kier alpha value is -2.55.